The van der Waals surface area contributed by atoms with Gasteiger partial charge in [-0.25, -0.2) is 4.79 Å². The largest absolute Gasteiger partial charge is 0.373 e. The molecule has 93 valence electrons. The van der Waals surface area contributed by atoms with Gasteiger partial charge in [-0.3, -0.25) is 4.89 Å². The monoisotopic (exact) mass is 235 g/mol. The van der Waals surface area contributed by atoms with E-state index in [0.717, 1.165) is 11.1 Å². The summed E-state index contributed by atoms with van der Waals surface area (Å²) in [6.45, 7) is 11.2. The molecule has 0 N–H and O–H groups in total. The zero-order valence-electron chi connectivity index (χ0n) is 11.0. The second-order valence-electron chi connectivity index (χ2n) is 5.27. The van der Waals surface area contributed by atoms with E-state index in [1.54, 1.807) is 6.07 Å². The summed E-state index contributed by atoms with van der Waals surface area (Å²) >= 11 is 0. The highest BCUT2D eigenvalue weighted by Crippen LogP contribution is 2.19. The average Bonchev–Trinajstić information content (AvgIpc) is 2.19. The molecular weight excluding hydrogens is 216 g/mol. The Hall–Kier alpha value is -1.35. The van der Waals surface area contributed by atoms with Crippen molar-refractivity contribution in [2.24, 2.45) is 5.41 Å². The topological polar surface area (TPSA) is 35.5 Å². The Kier molecular flexibility index (Phi) is 4.29. The summed E-state index contributed by atoms with van der Waals surface area (Å²) in [5.41, 5.74) is 2.27. The van der Waals surface area contributed by atoms with Gasteiger partial charge >= 0.3 is 5.97 Å². The Balaban J connectivity index is 2.61. The number of hydrogen-bond acceptors (Lipinski definition) is 3. The van der Waals surface area contributed by atoms with Crippen LogP contribution in [0.4, 0.5) is 0 Å². The molecule has 17 heavy (non-hydrogen) atoms. The molecule has 0 spiro atoms. The van der Waals surface area contributed by atoms with Crippen LogP contribution in [-0.4, -0.2) is 5.97 Å². The van der Waals surface area contributed by atoms with E-state index in [-0.39, 0.29) is 5.41 Å². The lowest BCUT2D eigenvalue weighted by molar-refractivity contribution is -0.224. The summed E-state index contributed by atoms with van der Waals surface area (Å²) in [5, 5.41) is 0. The minimum atomic E-state index is -0.466. The highest BCUT2D eigenvalue weighted by molar-refractivity contribution is 5.90. The molecule has 1 radical (unpaired) electrons. The minimum Gasteiger partial charge on any atom is -0.292 e. The number of benzene rings is 1. The number of rotatable bonds is 3. The molecule has 0 fully saturated rings. The van der Waals surface area contributed by atoms with E-state index in [2.05, 4.69) is 0 Å². The quantitative estimate of drug-likeness (QED) is 0.593. The van der Waals surface area contributed by atoms with Gasteiger partial charge in [0.1, 0.15) is 6.61 Å². The molecule has 0 heterocycles. The van der Waals surface area contributed by atoms with Crippen LogP contribution in [-0.2, 0) is 9.78 Å². The van der Waals surface area contributed by atoms with Crippen LogP contribution >= 0.6 is 0 Å². The Bertz CT molecular complexity index is 402. The van der Waals surface area contributed by atoms with E-state index in [9.17, 15) is 4.79 Å². The third-order valence-electron chi connectivity index (χ3n) is 2.14. The molecule has 3 nitrogen and oxygen atoms in total. The number of carbonyl (C=O) groups excluding carboxylic acids is 1. The molecule has 0 aliphatic heterocycles. The van der Waals surface area contributed by atoms with Gasteiger partial charge in [0.25, 0.3) is 0 Å². The minimum absolute atomic E-state index is 0.151. The van der Waals surface area contributed by atoms with Crippen LogP contribution in [0.25, 0.3) is 0 Å². The van der Waals surface area contributed by atoms with Gasteiger partial charge in [-0.1, -0.05) is 38.5 Å². The van der Waals surface area contributed by atoms with Crippen molar-refractivity contribution in [1.29, 1.82) is 0 Å². The molecule has 0 bridgehead atoms. The van der Waals surface area contributed by atoms with E-state index >= 15 is 0 Å². The first kappa shape index (κ1) is 13.7. The normalized spacial score (nSPS) is 11.4. The molecule has 0 amide bonds. The van der Waals surface area contributed by atoms with Crippen molar-refractivity contribution in [1.82, 2.24) is 0 Å². The van der Waals surface area contributed by atoms with Crippen molar-refractivity contribution in [3.8, 4) is 0 Å². The van der Waals surface area contributed by atoms with Crippen LogP contribution in [0.3, 0.4) is 0 Å². The van der Waals surface area contributed by atoms with Crippen molar-refractivity contribution in [2.75, 3.05) is 0 Å². The van der Waals surface area contributed by atoms with Gasteiger partial charge in [0, 0.05) is 0 Å². The molecule has 0 atom stereocenters. The lowest BCUT2D eigenvalue weighted by atomic mass is 9.99. The van der Waals surface area contributed by atoms with Gasteiger partial charge in [-0.15, -0.1) is 0 Å². The maximum absolute atomic E-state index is 11.7. The zero-order valence-corrected chi connectivity index (χ0v) is 11.0. The van der Waals surface area contributed by atoms with Gasteiger partial charge in [-0.2, -0.15) is 4.89 Å². The smallest absolute Gasteiger partial charge is 0.292 e. The standard InChI is InChI=1S/C14H19O3/c1-10-6-7-11(2)12(8-10)13(15)17-16-9-14(3,4)5/h6-9H,1-5H3. The van der Waals surface area contributed by atoms with Crippen LogP contribution in [0.15, 0.2) is 18.2 Å². The molecule has 3 heteroatoms. The van der Waals surface area contributed by atoms with Crippen molar-refractivity contribution in [2.45, 2.75) is 34.6 Å². The second kappa shape index (κ2) is 5.32. The van der Waals surface area contributed by atoms with Gasteiger partial charge in [-0.05, 0) is 30.9 Å². The third-order valence-corrected chi connectivity index (χ3v) is 2.14. The van der Waals surface area contributed by atoms with Crippen molar-refractivity contribution in [3.05, 3.63) is 41.5 Å². The maximum atomic E-state index is 11.7. The number of aryl methyl sites for hydroxylation is 2. The molecule has 0 aliphatic carbocycles. The predicted molar refractivity (Wildman–Crippen MR) is 66.2 cm³/mol. The maximum Gasteiger partial charge on any atom is 0.373 e. The van der Waals surface area contributed by atoms with Gasteiger partial charge < -0.3 is 0 Å². The molecule has 0 saturated carbocycles. The van der Waals surface area contributed by atoms with E-state index in [4.69, 9.17) is 9.78 Å². The molecule has 1 aromatic rings. The Morgan fingerprint density at radius 3 is 2.47 bits per heavy atom. The van der Waals surface area contributed by atoms with Crippen molar-refractivity contribution >= 4 is 5.97 Å². The summed E-state index contributed by atoms with van der Waals surface area (Å²) in [4.78, 5) is 21.3. The predicted octanol–water partition coefficient (Wildman–Crippen LogP) is 3.60. The van der Waals surface area contributed by atoms with Crippen LogP contribution in [0.1, 0.15) is 42.3 Å². The van der Waals surface area contributed by atoms with Gasteiger partial charge in [0.05, 0.1) is 5.56 Å². The van der Waals surface area contributed by atoms with E-state index in [1.165, 1.54) is 6.61 Å². The highest BCUT2D eigenvalue weighted by atomic mass is 17.2. The molecule has 1 rings (SSSR count). The van der Waals surface area contributed by atoms with Gasteiger partial charge in [0.15, 0.2) is 0 Å². The van der Waals surface area contributed by atoms with E-state index < -0.39 is 5.97 Å². The average molecular weight is 235 g/mol. The first-order chi connectivity index (χ1) is 7.79. The second-order valence-corrected chi connectivity index (χ2v) is 5.27. The fourth-order valence-electron chi connectivity index (χ4n) is 1.21. The first-order valence-corrected chi connectivity index (χ1v) is 5.59. The van der Waals surface area contributed by atoms with Crippen LogP contribution in [0.2, 0.25) is 0 Å². The van der Waals surface area contributed by atoms with E-state index in [0.29, 0.717) is 5.56 Å². The number of hydrogen-bond donors (Lipinski definition) is 0. The van der Waals surface area contributed by atoms with E-state index in [1.807, 2.05) is 46.8 Å². The molecule has 0 unspecified atom stereocenters. The summed E-state index contributed by atoms with van der Waals surface area (Å²) in [6.07, 6.45) is 0. The van der Waals surface area contributed by atoms with Crippen LogP contribution in [0, 0.1) is 25.9 Å². The Morgan fingerprint density at radius 1 is 1.24 bits per heavy atom. The molecule has 1 aromatic carbocycles. The fraction of sp³-hybridized carbons (Fsp3) is 0.429. The zero-order chi connectivity index (χ0) is 13.1. The molecule has 0 aliphatic rings. The summed E-state index contributed by atoms with van der Waals surface area (Å²) in [6, 6.07) is 5.63. The van der Waals surface area contributed by atoms with Crippen LogP contribution in [0.5, 0.6) is 0 Å². The van der Waals surface area contributed by atoms with Crippen molar-refractivity contribution in [3.63, 3.8) is 0 Å². The third kappa shape index (κ3) is 4.57. The Labute approximate surface area is 103 Å². The lowest BCUT2D eigenvalue weighted by Crippen LogP contribution is -2.13. The Morgan fingerprint density at radius 2 is 1.88 bits per heavy atom. The van der Waals surface area contributed by atoms with Crippen LogP contribution < -0.4 is 0 Å². The summed E-state index contributed by atoms with van der Waals surface area (Å²) in [5.74, 6) is -0.466. The SMILES string of the molecule is Cc1ccc(C)c(C(=O)OO[CH]C(C)(C)C)c1. The highest BCUT2D eigenvalue weighted by Gasteiger charge is 2.16. The number of carbonyl (C=O) groups is 1. The summed E-state index contributed by atoms with van der Waals surface area (Å²) in [7, 11) is 0. The fourth-order valence-corrected chi connectivity index (χ4v) is 1.21. The molecular formula is C14H19O3. The summed E-state index contributed by atoms with van der Waals surface area (Å²) < 4.78 is 0. The first-order valence-electron chi connectivity index (χ1n) is 5.59. The van der Waals surface area contributed by atoms with Gasteiger partial charge in [0.2, 0.25) is 0 Å². The lowest BCUT2D eigenvalue weighted by Gasteiger charge is -2.15. The molecule has 0 saturated heterocycles. The molecule has 0 aromatic heterocycles. The van der Waals surface area contributed by atoms with Crippen molar-refractivity contribution < 1.29 is 14.6 Å².